The second-order valence-electron chi connectivity index (χ2n) is 6.45. The molecule has 1 unspecified atom stereocenters. The Kier molecular flexibility index (Phi) is 6.86. The lowest BCUT2D eigenvalue weighted by Gasteiger charge is -2.30. The average Bonchev–Trinajstić information content (AvgIpc) is 2.75. The number of morpholine rings is 1. The number of benzene rings is 2. The molecule has 1 aliphatic rings. The number of methoxy groups -OCH3 is 1. The number of amides is 1. The van der Waals surface area contributed by atoms with Gasteiger partial charge in [-0.15, -0.1) is 0 Å². The number of carbonyl (C=O) groups is 1. The molecule has 1 atom stereocenters. The Labute approximate surface area is 165 Å². The van der Waals surface area contributed by atoms with E-state index in [9.17, 15) is 4.79 Å². The maximum absolute atomic E-state index is 13.1. The van der Waals surface area contributed by atoms with Crippen LogP contribution in [0.25, 0.3) is 0 Å². The topological polar surface area (TPSA) is 89.2 Å². The molecule has 0 radical (unpaired) electrons. The van der Waals surface area contributed by atoms with Crippen LogP contribution in [0.3, 0.4) is 0 Å². The standard InChI is InChI=1S/C21H26N4O3/c1-27-19-10-6-5-9-18(19)24-21(22)23-15-17(16-7-3-2-4-8-16)20(26)25-11-13-28-14-12-25/h2-10,17H,11-15H2,1H3,(H3,22,23,24). The number of ether oxygens (including phenoxy) is 2. The molecule has 2 aromatic carbocycles. The first-order valence-electron chi connectivity index (χ1n) is 9.30. The van der Waals surface area contributed by atoms with Crippen LogP contribution < -0.4 is 15.8 Å². The van der Waals surface area contributed by atoms with Gasteiger partial charge in [-0.2, -0.15) is 0 Å². The fourth-order valence-corrected chi connectivity index (χ4v) is 3.13. The van der Waals surface area contributed by atoms with Gasteiger partial charge in [-0.1, -0.05) is 42.5 Å². The van der Waals surface area contributed by atoms with E-state index in [2.05, 4.69) is 10.3 Å². The van der Waals surface area contributed by atoms with Gasteiger partial charge in [0.15, 0.2) is 5.96 Å². The molecule has 3 N–H and O–H groups in total. The number of hydrogen-bond acceptors (Lipinski definition) is 4. The zero-order chi connectivity index (χ0) is 19.8. The lowest BCUT2D eigenvalue weighted by Crippen LogP contribution is -2.43. The van der Waals surface area contributed by atoms with Gasteiger partial charge >= 0.3 is 0 Å². The number of anilines is 1. The van der Waals surface area contributed by atoms with E-state index in [-0.39, 0.29) is 18.4 Å². The van der Waals surface area contributed by atoms with Crippen molar-refractivity contribution in [3.63, 3.8) is 0 Å². The van der Waals surface area contributed by atoms with Crippen LogP contribution in [0.15, 0.2) is 59.6 Å². The van der Waals surface area contributed by atoms with Crippen molar-refractivity contribution in [3.8, 4) is 5.75 Å². The van der Waals surface area contributed by atoms with Gasteiger partial charge in [-0.25, -0.2) is 0 Å². The smallest absolute Gasteiger partial charge is 0.232 e. The number of nitrogens with two attached hydrogens (primary N) is 1. The van der Waals surface area contributed by atoms with Crippen molar-refractivity contribution < 1.29 is 14.3 Å². The highest BCUT2D eigenvalue weighted by Crippen LogP contribution is 2.23. The second-order valence-corrected chi connectivity index (χ2v) is 6.45. The lowest BCUT2D eigenvalue weighted by atomic mass is 9.97. The van der Waals surface area contributed by atoms with Crippen molar-refractivity contribution >= 4 is 17.6 Å². The minimum Gasteiger partial charge on any atom is -0.495 e. The minimum absolute atomic E-state index is 0.0448. The van der Waals surface area contributed by atoms with Crippen molar-refractivity contribution in [2.24, 2.45) is 10.7 Å². The predicted molar refractivity (Wildman–Crippen MR) is 110 cm³/mol. The summed E-state index contributed by atoms with van der Waals surface area (Å²) in [6, 6.07) is 17.1. The largest absolute Gasteiger partial charge is 0.495 e. The molecule has 2 aromatic rings. The third-order valence-corrected chi connectivity index (χ3v) is 4.64. The normalized spacial score (nSPS) is 15.8. The Balaban J connectivity index is 1.75. The van der Waals surface area contributed by atoms with Gasteiger partial charge in [-0.05, 0) is 17.7 Å². The summed E-state index contributed by atoms with van der Waals surface area (Å²) in [4.78, 5) is 19.4. The Morgan fingerprint density at radius 1 is 1.18 bits per heavy atom. The molecular formula is C21H26N4O3. The summed E-state index contributed by atoms with van der Waals surface area (Å²) >= 11 is 0. The van der Waals surface area contributed by atoms with Crippen LogP contribution in [0, 0.1) is 0 Å². The van der Waals surface area contributed by atoms with E-state index < -0.39 is 5.92 Å². The molecule has 1 aliphatic heterocycles. The van der Waals surface area contributed by atoms with E-state index in [1.807, 2.05) is 59.5 Å². The van der Waals surface area contributed by atoms with Crippen molar-refractivity contribution in [3.05, 3.63) is 60.2 Å². The Morgan fingerprint density at radius 2 is 1.86 bits per heavy atom. The number of rotatable bonds is 6. The van der Waals surface area contributed by atoms with Gasteiger partial charge in [0.2, 0.25) is 5.91 Å². The summed E-state index contributed by atoms with van der Waals surface area (Å²) in [5.41, 5.74) is 7.72. The summed E-state index contributed by atoms with van der Waals surface area (Å²) in [6.07, 6.45) is 0. The zero-order valence-electron chi connectivity index (χ0n) is 16.0. The monoisotopic (exact) mass is 382 g/mol. The van der Waals surface area contributed by atoms with Gasteiger partial charge in [0.25, 0.3) is 0 Å². The number of nitrogens with zero attached hydrogens (tertiary/aromatic N) is 2. The van der Waals surface area contributed by atoms with E-state index in [4.69, 9.17) is 15.2 Å². The Hall–Kier alpha value is -3.06. The molecule has 1 heterocycles. The molecule has 0 saturated carbocycles. The first-order valence-corrected chi connectivity index (χ1v) is 9.30. The van der Waals surface area contributed by atoms with E-state index in [0.29, 0.717) is 32.1 Å². The zero-order valence-corrected chi connectivity index (χ0v) is 16.0. The maximum Gasteiger partial charge on any atom is 0.232 e. The van der Waals surface area contributed by atoms with E-state index in [1.165, 1.54) is 0 Å². The summed E-state index contributed by atoms with van der Waals surface area (Å²) < 4.78 is 10.7. The average molecular weight is 382 g/mol. The molecule has 1 amide bonds. The molecule has 1 saturated heterocycles. The van der Waals surface area contributed by atoms with Crippen LogP contribution in [0.1, 0.15) is 11.5 Å². The van der Waals surface area contributed by atoms with Gasteiger partial charge in [0.05, 0.1) is 38.5 Å². The summed E-state index contributed by atoms with van der Waals surface area (Å²) in [5, 5.41) is 3.04. The second kappa shape index (κ2) is 9.75. The number of aliphatic imine (C=N–C) groups is 1. The van der Waals surface area contributed by atoms with Crippen LogP contribution in [0.5, 0.6) is 5.75 Å². The quantitative estimate of drug-likeness (QED) is 0.590. The van der Waals surface area contributed by atoms with Crippen molar-refractivity contribution in [2.45, 2.75) is 5.92 Å². The highest BCUT2D eigenvalue weighted by Gasteiger charge is 2.27. The number of para-hydroxylation sites is 2. The fourth-order valence-electron chi connectivity index (χ4n) is 3.13. The molecule has 1 fully saturated rings. The number of nitrogens with one attached hydrogen (secondary N) is 1. The number of guanidine groups is 1. The number of carbonyl (C=O) groups excluding carboxylic acids is 1. The van der Waals surface area contributed by atoms with Crippen molar-refractivity contribution in [1.29, 1.82) is 0 Å². The molecule has 0 spiro atoms. The van der Waals surface area contributed by atoms with Gasteiger partial charge < -0.3 is 25.4 Å². The predicted octanol–water partition coefficient (Wildman–Crippen LogP) is 2.06. The van der Waals surface area contributed by atoms with Crippen LogP contribution in [0.4, 0.5) is 5.69 Å². The molecule has 148 valence electrons. The van der Waals surface area contributed by atoms with Gasteiger partial charge in [0, 0.05) is 13.1 Å². The molecule has 7 heteroatoms. The first-order chi connectivity index (χ1) is 13.7. The number of hydrogen-bond donors (Lipinski definition) is 2. The minimum atomic E-state index is -0.391. The molecule has 3 rings (SSSR count). The van der Waals surface area contributed by atoms with Crippen LogP contribution >= 0.6 is 0 Å². The lowest BCUT2D eigenvalue weighted by molar-refractivity contribution is -0.136. The summed E-state index contributed by atoms with van der Waals surface area (Å²) in [7, 11) is 1.60. The highest BCUT2D eigenvalue weighted by atomic mass is 16.5. The van der Waals surface area contributed by atoms with Crippen molar-refractivity contribution in [1.82, 2.24) is 4.90 Å². The maximum atomic E-state index is 13.1. The molecule has 0 aromatic heterocycles. The molecule has 7 nitrogen and oxygen atoms in total. The molecular weight excluding hydrogens is 356 g/mol. The van der Waals surface area contributed by atoms with E-state index in [0.717, 1.165) is 11.3 Å². The Morgan fingerprint density at radius 3 is 2.57 bits per heavy atom. The third-order valence-electron chi connectivity index (χ3n) is 4.64. The summed E-state index contributed by atoms with van der Waals surface area (Å²) in [6.45, 7) is 2.58. The van der Waals surface area contributed by atoms with Gasteiger partial charge in [-0.3, -0.25) is 9.79 Å². The van der Waals surface area contributed by atoms with E-state index in [1.54, 1.807) is 7.11 Å². The van der Waals surface area contributed by atoms with Crippen LogP contribution in [-0.2, 0) is 9.53 Å². The SMILES string of the molecule is COc1ccccc1NC(N)=NCC(C(=O)N1CCOCC1)c1ccccc1. The van der Waals surface area contributed by atoms with E-state index >= 15 is 0 Å². The third kappa shape index (κ3) is 5.01. The first kappa shape index (κ1) is 19.7. The fraction of sp³-hybridized carbons (Fsp3) is 0.333. The molecule has 0 bridgehead atoms. The Bertz CT molecular complexity index is 804. The van der Waals surface area contributed by atoms with Crippen molar-refractivity contribution in [2.75, 3.05) is 45.3 Å². The molecule has 0 aliphatic carbocycles. The highest BCUT2D eigenvalue weighted by molar-refractivity contribution is 5.94. The van der Waals surface area contributed by atoms with Crippen LogP contribution in [0.2, 0.25) is 0 Å². The summed E-state index contributed by atoms with van der Waals surface area (Å²) in [5.74, 6) is 0.561. The van der Waals surface area contributed by atoms with Crippen LogP contribution in [-0.4, -0.2) is 56.7 Å². The van der Waals surface area contributed by atoms with Gasteiger partial charge in [0.1, 0.15) is 5.75 Å². The molecule has 28 heavy (non-hydrogen) atoms.